The topological polar surface area (TPSA) is 65.5 Å². The fraction of sp³-hybridized carbons (Fsp3) is 0.409. The minimum absolute atomic E-state index is 0.119. The average molecular weight is 396 g/mol. The van der Waals surface area contributed by atoms with Crippen LogP contribution in [0, 0.1) is 5.82 Å². The van der Waals surface area contributed by atoms with Crippen molar-refractivity contribution in [2.45, 2.75) is 31.7 Å². The molecule has 152 valence electrons. The van der Waals surface area contributed by atoms with Crippen molar-refractivity contribution in [1.29, 1.82) is 0 Å². The van der Waals surface area contributed by atoms with Crippen LogP contribution in [0.5, 0.6) is 0 Å². The average Bonchev–Trinajstić information content (AvgIpc) is 3.27. The SMILES string of the molecule is O=C(NC1CCCC1)c1cncc(C(=O)N2CCN(c3ccc(F)cc3)CC2)c1. The van der Waals surface area contributed by atoms with Crippen molar-refractivity contribution in [1.82, 2.24) is 15.2 Å². The molecule has 0 spiro atoms. The minimum Gasteiger partial charge on any atom is -0.368 e. The number of benzene rings is 1. The standard InChI is InChI=1S/C22H25FN4O2/c23-18-5-7-20(8-6-18)26-9-11-27(12-10-26)22(29)17-13-16(14-24-15-17)21(28)25-19-3-1-2-4-19/h5-8,13-15,19H,1-4,9-12H2,(H,25,28). The van der Waals surface area contributed by atoms with Gasteiger partial charge in [0.2, 0.25) is 0 Å². The molecule has 0 radical (unpaired) electrons. The summed E-state index contributed by atoms with van der Waals surface area (Å²) < 4.78 is 13.1. The number of aromatic nitrogens is 1. The summed E-state index contributed by atoms with van der Waals surface area (Å²) >= 11 is 0. The van der Waals surface area contributed by atoms with Gasteiger partial charge in [-0.2, -0.15) is 0 Å². The van der Waals surface area contributed by atoms with Gasteiger partial charge in [-0.05, 0) is 43.2 Å². The molecule has 0 atom stereocenters. The Kier molecular flexibility index (Phi) is 5.74. The van der Waals surface area contributed by atoms with E-state index in [1.165, 1.54) is 24.5 Å². The summed E-state index contributed by atoms with van der Waals surface area (Å²) in [4.78, 5) is 33.4. The number of hydrogen-bond acceptors (Lipinski definition) is 4. The Morgan fingerprint density at radius 1 is 0.966 bits per heavy atom. The van der Waals surface area contributed by atoms with E-state index < -0.39 is 0 Å². The van der Waals surface area contributed by atoms with Crippen molar-refractivity contribution in [3.63, 3.8) is 0 Å². The third-order valence-corrected chi connectivity index (χ3v) is 5.70. The molecule has 0 unspecified atom stereocenters. The highest BCUT2D eigenvalue weighted by Gasteiger charge is 2.24. The van der Waals surface area contributed by atoms with Crippen LogP contribution in [0.1, 0.15) is 46.4 Å². The molecule has 1 aliphatic heterocycles. The molecule has 1 saturated heterocycles. The molecular formula is C22H25FN4O2. The second-order valence-corrected chi connectivity index (χ2v) is 7.67. The van der Waals surface area contributed by atoms with Gasteiger partial charge in [0.15, 0.2) is 0 Å². The van der Waals surface area contributed by atoms with Crippen LogP contribution in [0.25, 0.3) is 0 Å². The van der Waals surface area contributed by atoms with Crippen molar-refractivity contribution >= 4 is 17.5 Å². The molecule has 2 aliphatic rings. The quantitative estimate of drug-likeness (QED) is 0.863. The van der Waals surface area contributed by atoms with E-state index in [1.807, 2.05) is 0 Å². The number of nitrogens with zero attached hydrogens (tertiary/aromatic N) is 3. The third-order valence-electron chi connectivity index (χ3n) is 5.70. The predicted molar refractivity (Wildman–Crippen MR) is 108 cm³/mol. The molecule has 29 heavy (non-hydrogen) atoms. The zero-order chi connectivity index (χ0) is 20.2. The van der Waals surface area contributed by atoms with E-state index in [0.717, 1.165) is 31.4 Å². The maximum atomic E-state index is 13.1. The molecule has 4 rings (SSSR count). The summed E-state index contributed by atoms with van der Waals surface area (Å²) in [6.45, 7) is 2.47. The third kappa shape index (κ3) is 4.55. The van der Waals surface area contributed by atoms with Crippen molar-refractivity contribution in [3.8, 4) is 0 Å². The maximum absolute atomic E-state index is 13.1. The van der Waals surface area contributed by atoms with Gasteiger partial charge in [-0.3, -0.25) is 14.6 Å². The Labute approximate surface area is 169 Å². The van der Waals surface area contributed by atoms with E-state index in [-0.39, 0.29) is 23.7 Å². The Morgan fingerprint density at radius 2 is 1.62 bits per heavy atom. The number of pyridine rings is 1. The Balaban J connectivity index is 1.37. The van der Waals surface area contributed by atoms with Crippen molar-refractivity contribution < 1.29 is 14.0 Å². The molecule has 2 aromatic rings. The monoisotopic (exact) mass is 396 g/mol. The second-order valence-electron chi connectivity index (χ2n) is 7.67. The number of hydrogen-bond donors (Lipinski definition) is 1. The number of halogens is 1. The fourth-order valence-corrected chi connectivity index (χ4v) is 4.02. The van der Waals surface area contributed by atoms with Gasteiger partial charge in [0.1, 0.15) is 5.82 Å². The number of piperazine rings is 1. The highest BCUT2D eigenvalue weighted by Crippen LogP contribution is 2.19. The van der Waals surface area contributed by atoms with E-state index in [0.29, 0.717) is 37.3 Å². The van der Waals surface area contributed by atoms with Crippen LogP contribution in [0.4, 0.5) is 10.1 Å². The normalized spacial score (nSPS) is 17.4. The number of nitrogens with one attached hydrogen (secondary N) is 1. The zero-order valence-electron chi connectivity index (χ0n) is 16.3. The van der Waals surface area contributed by atoms with E-state index in [4.69, 9.17) is 0 Å². The minimum atomic E-state index is -0.257. The Hall–Kier alpha value is -2.96. The molecule has 7 heteroatoms. The molecule has 1 aromatic heterocycles. The van der Waals surface area contributed by atoms with Gasteiger partial charge in [0.25, 0.3) is 11.8 Å². The largest absolute Gasteiger partial charge is 0.368 e. The lowest BCUT2D eigenvalue weighted by atomic mass is 10.1. The van der Waals surface area contributed by atoms with Gasteiger partial charge in [0, 0.05) is 50.3 Å². The van der Waals surface area contributed by atoms with Gasteiger partial charge >= 0.3 is 0 Å². The number of carbonyl (C=O) groups excluding carboxylic acids is 2. The molecule has 1 aromatic carbocycles. The van der Waals surface area contributed by atoms with Crippen LogP contribution < -0.4 is 10.2 Å². The van der Waals surface area contributed by atoms with Crippen LogP contribution in [0.15, 0.2) is 42.7 Å². The van der Waals surface area contributed by atoms with Gasteiger partial charge < -0.3 is 15.1 Å². The summed E-state index contributed by atoms with van der Waals surface area (Å²) in [6.07, 6.45) is 7.33. The van der Waals surface area contributed by atoms with E-state index in [1.54, 1.807) is 23.1 Å². The summed E-state index contributed by atoms with van der Waals surface area (Å²) in [5.74, 6) is -0.543. The molecule has 2 fully saturated rings. The zero-order valence-corrected chi connectivity index (χ0v) is 16.3. The lowest BCUT2D eigenvalue weighted by Crippen LogP contribution is -2.48. The van der Waals surface area contributed by atoms with Gasteiger partial charge in [-0.25, -0.2) is 4.39 Å². The lowest BCUT2D eigenvalue weighted by Gasteiger charge is -2.36. The number of anilines is 1. The van der Waals surface area contributed by atoms with Gasteiger partial charge in [-0.15, -0.1) is 0 Å². The van der Waals surface area contributed by atoms with Crippen LogP contribution in [0.2, 0.25) is 0 Å². The highest BCUT2D eigenvalue weighted by molar-refractivity contribution is 5.99. The molecule has 1 aliphatic carbocycles. The van der Waals surface area contributed by atoms with Gasteiger partial charge in [0.05, 0.1) is 11.1 Å². The molecular weight excluding hydrogens is 371 g/mol. The predicted octanol–water partition coefficient (Wildman–Crippen LogP) is 2.86. The molecule has 6 nitrogen and oxygen atoms in total. The van der Waals surface area contributed by atoms with Crippen molar-refractivity contribution in [2.24, 2.45) is 0 Å². The van der Waals surface area contributed by atoms with E-state index in [2.05, 4.69) is 15.2 Å². The van der Waals surface area contributed by atoms with Gasteiger partial charge in [-0.1, -0.05) is 12.8 Å². The van der Waals surface area contributed by atoms with Crippen LogP contribution in [0.3, 0.4) is 0 Å². The Bertz CT molecular complexity index is 873. The molecule has 0 bridgehead atoms. The summed E-state index contributed by atoms with van der Waals surface area (Å²) in [6, 6.07) is 8.25. The van der Waals surface area contributed by atoms with Crippen molar-refractivity contribution in [2.75, 3.05) is 31.1 Å². The molecule has 1 saturated carbocycles. The first kappa shape index (κ1) is 19.4. The Morgan fingerprint density at radius 3 is 2.31 bits per heavy atom. The number of rotatable bonds is 4. The summed E-state index contributed by atoms with van der Waals surface area (Å²) in [5, 5.41) is 3.03. The summed E-state index contributed by atoms with van der Waals surface area (Å²) in [7, 11) is 0. The fourth-order valence-electron chi connectivity index (χ4n) is 4.02. The van der Waals surface area contributed by atoms with E-state index >= 15 is 0 Å². The van der Waals surface area contributed by atoms with Crippen LogP contribution in [-0.2, 0) is 0 Å². The molecule has 1 N–H and O–H groups in total. The van der Waals surface area contributed by atoms with Crippen LogP contribution >= 0.6 is 0 Å². The highest BCUT2D eigenvalue weighted by atomic mass is 19.1. The number of carbonyl (C=O) groups is 2. The molecule has 2 heterocycles. The van der Waals surface area contributed by atoms with E-state index in [9.17, 15) is 14.0 Å². The smallest absolute Gasteiger partial charge is 0.255 e. The lowest BCUT2D eigenvalue weighted by molar-refractivity contribution is 0.0746. The van der Waals surface area contributed by atoms with Crippen LogP contribution in [-0.4, -0.2) is 53.9 Å². The first-order chi connectivity index (χ1) is 14.1. The number of amides is 2. The second kappa shape index (κ2) is 8.59. The van der Waals surface area contributed by atoms with Crippen molar-refractivity contribution in [3.05, 3.63) is 59.7 Å². The molecule has 2 amide bonds. The maximum Gasteiger partial charge on any atom is 0.255 e. The first-order valence-electron chi connectivity index (χ1n) is 10.2. The summed E-state index contributed by atoms with van der Waals surface area (Å²) in [5.41, 5.74) is 1.80. The first-order valence-corrected chi connectivity index (χ1v) is 10.2.